The molecule has 2 heterocycles. The highest BCUT2D eigenvalue weighted by Crippen LogP contribution is 2.23. The molecule has 0 spiro atoms. The molecule has 0 aromatic carbocycles. The number of amides is 1. The molecule has 6 heteroatoms. The van der Waals surface area contributed by atoms with Crippen LogP contribution in [0.25, 0.3) is 0 Å². The summed E-state index contributed by atoms with van der Waals surface area (Å²) in [6.45, 7) is 4.68. The first kappa shape index (κ1) is 18.8. The molecule has 5 nitrogen and oxygen atoms in total. The van der Waals surface area contributed by atoms with Crippen molar-refractivity contribution in [1.29, 1.82) is 0 Å². The predicted octanol–water partition coefficient (Wildman–Crippen LogP) is 2.90. The van der Waals surface area contributed by atoms with Crippen LogP contribution >= 0.6 is 11.3 Å². The van der Waals surface area contributed by atoms with Crippen molar-refractivity contribution in [2.75, 3.05) is 19.6 Å². The van der Waals surface area contributed by atoms with Crippen molar-refractivity contribution in [1.82, 2.24) is 10.2 Å². The zero-order valence-electron chi connectivity index (χ0n) is 14.7. The number of carbonyl (C=O) groups is 1. The molecule has 0 atom stereocenters. The van der Waals surface area contributed by atoms with Crippen molar-refractivity contribution in [3.63, 3.8) is 0 Å². The Kier molecular flexibility index (Phi) is 8.08. The van der Waals surface area contributed by atoms with Crippen molar-refractivity contribution in [3.05, 3.63) is 21.9 Å². The standard InChI is InChI=1S/C18H30N4OS/c1-2-3-4-5-6-7-10-20-18(19)21-13-17(23)22-11-8-16-15(14-22)9-12-24-16/h9,12H,2-8,10-11,13-14H2,1H3,(H3,19,20,21). The van der Waals surface area contributed by atoms with Gasteiger partial charge in [0, 0.05) is 24.5 Å². The fraction of sp³-hybridized carbons (Fsp3) is 0.667. The molecule has 0 saturated carbocycles. The number of unbranched alkanes of at least 4 members (excludes halogenated alkanes) is 5. The summed E-state index contributed by atoms with van der Waals surface area (Å²) in [5, 5.41) is 5.20. The van der Waals surface area contributed by atoms with Crippen LogP contribution < -0.4 is 11.1 Å². The predicted molar refractivity (Wildman–Crippen MR) is 101 cm³/mol. The first-order valence-electron chi connectivity index (χ1n) is 9.07. The molecule has 0 fully saturated rings. The zero-order valence-corrected chi connectivity index (χ0v) is 15.5. The largest absolute Gasteiger partial charge is 0.370 e. The Morgan fingerprint density at radius 1 is 1.33 bits per heavy atom. The second kappa shape index (κ2) is 10.3. The van der Waals surface area contributed by atoms with Gasteiger partial charge in [0.15, 0.2) is 5.96 Å². The van der Waals surface area contributed by atoms with Crippen molar-refractivity contribution >= 4 is 23.2 Å². The number of rotatable bonds is 9. The molecule has 0 saturated heterocycles. The number of hydrogen-bond donors (Lipinski definition) is 2. The SMILES string of the molecule is CCCCCCCCNC(N)=NCC(=O)N1CCc2sccc2C1. The lowest BCUT2D eigenvalue weighted by Gasteiger charge is -2.26. The summed E-state index contributed by atoms with van der Waals surface area (Å²) < 4.78 is 0. The molecule has 0 radical (unpaired) electrons. The summed E-state index contributed by atoms with van der Waals surface area (Å²) >= 11 is 1.78. The van der Waals surface area contributed by atoms with Gasteiger partial charge in [-0.25, -0.2) is 4.99 Å². The molecule has 1 aliphatic rings. The summed E-state index contributed by atoms with van der Waals surface area (Å²) in [4.78, 5) is 19.7. The monoisotopic (exact) mass is 350 g/mol. The smallest absolute Gasteiger partial charge is 0.244 e. The lowest BCUT2D eigenvalue weighted by atomic mass is 10.1. The van der Waals surface area contributed by atoms with E-state index in [-0.39, 0.29) is 12.5 Å². The highest BCUT2D eigenvalue weighted by atomic mass is 32.1. The summed E-state index contributed by atoms with van der Waals surface area (Å²) in [6, 6.07) is 2.11. The Balaban J connectivity index is 1.61. The van der Waals surface area contributed by atoms with E-state index in [0.717, 1.165) is 25.9 Å². The van der Waals surface area contributed by atoms with Crippen molar-refractivity contribution < 1.29 is 4.79 Å². The van der Waals surface area contributed by atoms with Crippen molar-refractivity contribution in [2.45, 2.75) is 58.4 Å². The minimum atomic E-state index is 0.0520. The van der Waals surface area contributed by atoms with Gasteiger partial charge in [-0.1, -0.05) is 39.0 Å². The van der Waals surface area contributed by atoms with E-state index in [9.17, 15) is 4.79 Å². The van der Waals surface area contributed by atoms with Gasteiger partial charge in [0.05, 0.1) is 0 Å². The van der Waals surface area contributed by atoms with Crippen LogP contribution in [0.1, 0.15) is 55.9 Å². The van der Waals surface area contributed by atoms with Crippen LogP contribution in [0.5, 0.6) is 0 Å². The number of nitrogens with two attached hydrogens (primary N) is 1. The third-order valence-electron chi connectivity index (χ3n) is 4.38. The van der Waals surface area contributed by atoms with Crippen molar-refractivity contribution in [2.24, 2.45) is 10.7 Å². The molecular formula is C18H30N4OS. The number of aliphatic imine (C=N–C) groups is 1. The Labute approximate surface area is 149 Å². The first-order chi connectivity index (χ1) is 11.7. The van der Waals surface area contributed by atoms with Crippen LogP contribution in [-0.2, 0) is 17.8 Å². The van der Waals surface area contributed by atoms with Crippen LogP contribution in [-0.4, -0.2) is 36.4 Å². The van der Waals surface area contributed by atoms with Crippen LogP contribution in [0.3, 0.4) is 0 Å². The number of carbonyl (C=O) groups excluding carboxylic acids is 1. The summed E-state index contributed by atoms with van der Waals surface area (Å²) in [5.41, 5.74) is 7.12. The Bertz CT molecular complexity index is 541. The number of thiophene rings is 1. The van der Waals surface area contributed by atoms with E-state index in [0.29, 0.717) is 12.5 Å². The zero-order chi connectivity index (χ0) is 17.2. The van der Waals surface area contributed by atoms with Crippen LogP contribution in [0.2, 0.25) is 0 Å². The van der Waals surface area contributed by atoms with E-state index in [1.807, 2.05) is 4.90 Å². The quantitative estimate of drug-likeness (QED) is 0.409. The molecule has 1 aliphatic heterocycles. The van der Waals surface area contributed by atoms with E-state index >= 15 is 0 Å². The average Bonchev–Trinajstić information content (AvgIpc) is 3.06. The van der Waals surface area contributed by atoms with Gasteiger partial charge in [-0.3, -0.25) is 4.79 Å². The van der Waals surface area contributed by atoms with Gasteiger partial charge in [0.1, 0.15) is 6.54 Å². The molecule has 0 unspecified atom stereocenters. The molecule has 2 rings (SSSR count). The molecule has 0 aliphatic carbocycles. The van der Waals surface area contributed by atoms with Crippen LogP contribution in [0.15, 0.2) is 16.4 Å². The Morgan fingerprint density at radius 2 is 2.12 bits per heavy atom. The van der Waals surface area contributed by atoms with E-state index in [2.05, 4.69) is 28.7 Å². The molecule has 24 heavy (non-hydrogen) atoms. The second-order valence-corrected chi connectivity index (χ2v) is 7.33. The number of nitrogens with zero attached hydrogens (tertiary/aromatic N) is 2. The number of fused-ring (bicyclic) bond motifs is 1. The maximum Gasteiger partial charge on any atom is 0.244 e. The topological polar surface area (TPSA) is 70.7 Å². The van der Waals surface area contributed by atoms with E-state index in [1.165, 1.54) is 42.5 Å². The van der Waals surface area contributed by atoms with E-state index in [4.69, 9.17) is 5.73 Å². The normalized spacial score (nSPS) is 14.5. The van der Waals surface area contributed by atoms with E-state index in [1.54, 1.807) is 11.3 Å². The maximum atomic E-state index is 12.2. The fourth-order valence-corrected chi connectivity index (χ4v) is 3.78. The average molecular weight is 351 g/mol. The highest BCUT2D eigenvalue weighted by molar-refractivity contribution is 7.10. The fourth-order valence-electron chi connectivity index (χ4n) is 2.89. The number of nitrogens with one attached hydrogen (secondary N) is 1. The lowest BCUT2D eigenvalue weighted by molar-refractivity contribution is -0.130. The minimum absolute atomic E-state index is 0.0520. The van der Waals surface area contributed by atoms with Crippen molar-refractivity contribution in [3.8, 4) is 0 Å². The molecule has 1 amide bonds. The number of hydrogen-bond acceptors (Lipinski definition) is 3. The minimum Gasteiger partial charge on any atom is -0.370 e. The van der Waals surface area contributed by atoms with Gasteiger partial charge >= 0.3 is 0 Å². The third-order valence-corrected chi connectivity index (χ3v) is 5.40. The van der Waals surface area contributed by atoms with Gasteiger partial charge in [0.2, 0.25) is 5.91 Å². The first-order valence-corrected chi connectivity index (χ1v) is 9.95. The van der Waals surface area contributed by atoms with Gasteiger partial charge in [0.25, 0.3) is 0 Å². The Hall–Kier alpha value is -1.56. The number of guanidine groups is 1. The molecule has 1 aromatic heterocycles. The Morgan fingerprint density at radius 3 is 2.96 bits per heavy atom. The third kappa shape index (κ3) is 6.15. The van der Waals surface area contributed by atoms with Gasteiger partial charge in [-0.2, -0.15) is 0 Å². The second-order valence-electron chi connectivity index (χ2n) is 6.33. The summed E-state index contributed by atoms with van der Waals surface area (Å²) in [6.07, 6.45) is 8.46. The van der Waals surface area contributed by atoms with Gasteiger partial charge in [-0.15, -0.1) is 11.3 Å². The molecule has 134 valence electrons. The maximum absolute atomic E-state index is 12.2. The molecule has 1 aromatic rings. The van der Waals surface area contributed by atoms with Crippen LogP contribution in [0.4, 0.5) is 0 Å². The molecular weight excluding hydrogens is 320 g/mol. The lowest BCUT2D eigenvalue weighted by Crippen LogP contribution is -2.38. The molecule has 3 N–H and O–H groups in total. The molecule has 0 bridgehead atoms. The van der Waals surface area contributed by atoms with Gasteiger partial charge < -0.3 is 16.0 Å². The summed E-state index contributed by atoms with van der Waals surface area (Å²) in [5.74, 6) is 0.432. The summed E-state index contributed by atoms with van der Waals surface area (Å²) in [7, 11) is 0. The van der Waals surface area contributed by atoms with Crippen LogP contribution in [0, 0.1) is 0 Å². The van der Waals surface area contributed by atoms with Gasteiger partial charge in [-0.05, 0) is 29.9 Å². The highest BCUT2D eigenvalue weighted by Gasteiger charge is 2.20. The van der Waals surface area contributed by atoms with E-state index < -0.39 is 0 Å².